The molecule has 1 saturated heterocycles. The van der Waals surface area contributed by atoms with E-state index in [-0.39, 0.29) is 0 Å². The lowest BCUT2D eigenvalue weighted by atomic mass is 9.87. The van der Waals surface area contributed by atoms with Crippen LogP contribution in [0.5, 0.6) is 5.75 Å². The highest BCUT2D eigenvalue weighted by Crippen LogP contribution is 2.37. The maximum Gasteiger partial charge on any atom is 0.124 e. The van der Waals surface area contributed by atoms with E-state index in [9.17, 15) is 0 Å². The number of benzene rings is 1. The Kier molecular flexibility index (Phi) is 2.89. The standard InChI is InChI=1S/C12H16ClNO/c1-7-4-11(15-3)9(5-10(7)13)12-8(2)6-14-12/h4-5,8,12,14H,6H2,1-3H3. The lowest BCUT2D eigenvalue weighted by Gasteiger charge is -2.36. The van der Waals surface area contributed by atoms with Crippen LogP contribution in [0.2, 0.25) is 5.02 Å². The van der Waals surface area contributed by atoms with Crippen LogP contribution in [-0.2, 0) is 0 Å². The minimum Gasteiger partial charge on any atom is -0.496 e. The van der Waals surface area contributed by atoms with Gasteiger partial charge in [0.2, 0.25) is 0 Å². The van der Waals surface area contributed by atoms with E-state index in [0.29, 0.717) is 12.0 Å². The van der Waals surface area contributed by atoms with Gasteiger partial charge in [0, 0.05) is 23.2 Å². The summed E-state index contributed by atoms with van der Waals surface area (Å²) in [4.78, 5) is 0. The van der Waals surface area contributed by atoms with Gasteiger partial charge >= 0.3 is 0 Å². The van der Waals surface area contributed by atoms with Crippen molar-refractivity contribution in [1.82, 2.24) is 5.32 Å². The van der Waals surface area contributed by atoms with Crippen molar-refractivity contribution in [2.45, 2.75) is 19.9 Å². The van der Waals surface area contributed by atoms with E-state index in [2.05, 4.69) is 12.2 Å². The van der Waals surface area contributed by atoms with Crippen LogP contribution >= 0.6 is 11.6 Å². The molecule has 2 rings (SSSR count). The molecule has 2 nitrogen and oxygen atoms in total. The molecule has 0 radical (unpaired) electrons. The van der Waals surface area contributed by atoms with E-state index in [1.807, 2.05) is 19.1 Å². The molecule has 15 heavy (non-hydrogen) atoms. The van der Waals surface area contributed by atoms with E-state index in [1.54, 1.807) is 7.11 Å². The lowest BCUT2D eigenvalue weighted by Crippen LogP contribution is -2.44. The number of hydrogen-bond acceptors (Lipinski definition) is 2. The zero-order valence-corrected chi connectivity index (χ0v) is 10.1. The number of ether oxygens (including phenoxy) is 1. The molecule has 0 aliphatic carbocycles. The van der Waals surface area contributed by atoms with Crippen LogP contribution in [0.1, 0.15) is 24.1 Å². The fourth-order valence-electron chi connectivity index (χ4n) is 1.98. The molecule has 2 atom stereocenters. The molecule has 0 spiro atoms. The van der Waals surface area contributed by atoms with Crippen LogP contribution in [0.4, 0.5) is 0 Å². The van der Waals surface area contributed by atoms with Crippen molar-refractivity contribution in [3.8, 4) is 5.75 Å². The van der Waals surface area contributed by atoms with Crippen molar-refractivity contribution in [3.63, 3.8) is 0 Å². The Morgan fingerprint density at radius 3 is 2.67 bits per heavy atom. The number of halogens is 1. The summed E-state index contributed by atoms with van der Waals surface area (Å²) in [7, 11) is 1.70. The van der Waals surface area contributed by atoms with Crippen LogP contribution < -0.4 is 10.1 Å². The second kappa shape index (κ2) is 4.03. The first kappa shape index (κ1) is 10.8. The molecule has 1 fully saturated rings. The lowest BCUT2D eigenvalue weighted by molar-refractivity contribution is 0.250. The van der Waals surface area contributed by atoms with E-state index in [1.165, 1.54) is 5.56 Å². The van der Waals surface area contributed by atoms with E-state index in [4.69, 9.17) is 16.3 Å². The smallest absolute Gasteiger partial charge is 0.124 e. The second-order valence-corrected chi connectivity index (χ2v) is 4.61. The van der Waals surface area contributed by atoms with Crippen molar-refractivity contribution < 1.29 is 4.74 Å². The number of aryl methyl sites for hydroxylation is 1. The summed E-state index contributed by atoms with van der Waals surface area (Å²) in [5, 5.41) is 4.21. The molecule has 1 aliphatic rings. The summed E-state index contributed by atoms with van der Waals surface area (Å²) in [6, 6.07) is 4.41. The molecule has 1 aliphatic heterocycles. The maximum atomic E-state index is 6.13. The second-order valence-electron chi connectivity index (χ2n) is 4.21. The minimum atomic E-state index is 0.387. The molecule has 82 valence electrons. The minimum absolute atomic E-state index is 0.387. The molecule has 2 unspecified atom stereocenters. The van der Waals surface area contributed by atoms with Crippen molar-refractivity contribution in [2.24, 2.45) is 5.92 Å². The van der Waals surface area contributed by atoms with Gasteiger partial charge in [-0.05, 0) is 30.5 Å². The number of nitrogens with one attached hydrogen (secondary N) is 1. The molecule has 0 bridgehead atoms. The number of rotatable bonds is 2. The number of hydrogen-bond donors (Lipinski definition) is 1. The highest BCUT2D eigenvalue weighted by Gasteiger charge is 2.30. The molecular formula is C12H16ClNO. The fraction of sp³-hybridized carbons (Fsp3) is 0.500. The topological polar surface area (TPSA) is 21.3 Å². The zero-order chi connectivity index (χ0) is 11.0. The summed E-state index contributed by atoms with van der Waals surface area (Å²) in [6.07, 6.45) is 0. The summed E-state index contributed by atoms with van der Waals surface area (Å²) in [5.74, 6) is 1.58. The first-order valence-electron chi connectivity index (χ1n) is 5.21. The Bertz CT molecular complexity index is 378. The summed E-state index contributed by atoms with van der Waals surface area (Å²) < 4.78 is 5.39. The van der Waals surface area contributed by atoms with Gasteiger partial charge in [-0.2, -0.15) is 0 Å². The van der Waals surface area contributed by atoms with E-state index >= 15 is 0 Å². The van der Waals surface area contributed by atoms with Gasteiger partial charge in [0.05, 0.1) is 7.11 Å². The Morgan fingerprint density at radius 1 is 1.47 bits per heavy atom. The maximum absolute atomic E-state index is 6.13. The monoisotopic (exact) mass is 225 g/mol. The zero-order valence-electron chi connectivity index (χ0n) is 9.30. The highest BCUT2D eigenvalue weighted by molar-refractivity contribution is 6.31. The van der Waals surface area contributed by atoms with Gasteiger partial charge in [0.1, 0.15) is 5.75 Å². The third-order valence-electron chi connectivity index (χ3n) is 3.07. The van der Waals surface area contributed by atoms with Crippen LogP contribution in [-0.4, -0.2) is 13.7 Å². The van der Waals surface area contributed by atoms with Crippen molar-refractivity contribution in [2.75, 3.05) is 13.7 Å². The molecular weight excluding hydrogens is 210 g/mol. The Balaban J connectivity index is 2.40. The summed E-state index contributed by atoms with van der Waals surface area (Å²) in [5.41, 5.74) is 2.23. The highest BCUT2D eigenvalue weighted by atomic mass is 35.5. The average Bonchev–Trinajstić information content (AvgIpc) is 2.21. The molecule has 0 amide bonds. The normalized spacial score (nSPS) is 24.8. The first-order chi connectivity index (χ1) is 7.13. The van der Waals surface area contributed by atoms with Gasteiger partial charge < -0.3 is 10.1 Å². The molecule has 0 aromatic heterocycles. The van der Waals surface area contributed by atoms with Gasteiger partial charge in [-0.1, -0.05) is 18.5 Å². The van der Waals surface area contributed by atoms with Gasteiger partial charge in [0.15, 0.2) is 0 Å². The van der Waals surface area contributed by atoms with Crippen LogP contribution in [0.15, 0.2) is 12.1 Å². The quantitative estimate of drug-likeness (QED) is 0.836. The first-order valence-corrected chi connectivity index (χ1v) is 5.58. The third-order valence-corrected chi connectivity index (χ3v) is 3.48. The molecule has 1 aromatic carbocycles. The van der Waals surface area contributed by atoms with Crippen LogP contribution in [0.3, 0.4) is 0 Å². The summed E-state index contributed by atoms with van der Waals surface area (Å²) >= 11 is 6.13. The van der Waals surface area contributed by atoms with Crippen LogP contribution in [0.25, 0.3) is 0 Å². The Labute approximate surface area is 95.6 Å². The molecule has 1 heterocycles. The largest absolute Gasteiger partial charge is 0.496 e. The van der Waals surface area contributed by atoms with Gasteiger partial charge in [0.25, 0.3) is 0 Å². The van der Waals surface area contributed by atoms with Crippen molar-refractivity contribution in [1.29, 1.82) is 0 Å². The Morgan fingerprint density at radius 2 is 2.20 bits per heavy atom. The van der Waals surface area contributed by atoms with Crippen molar-refractivity contribution in [3.05, 3.63) is 28.3 Å². The third kappa shape index (κ3) is 1.84. The van der Waals surface area contributed by atoms with E-state index in [0.717, 1.165) is 22.9 Å². The summed E-state index contributed by atoms with van der Waals surface area (Å²) in [6.45, 7) is 5.29. The predicted octanol–water partition coefficient (Wildman–Crippen LogP) is 2.94. The van der Waals surface area contributed by atoms with Gasteiger partial charge in [-0.3, -0.25) is 0 Å². The average molecular weight is 226 g/mol. The number of methoxy groups -OCH3 is 1. The Hall–Kier alpha value is -0.730. The fourth-order valence-corrected chi connectivity index (χ4v) is 2.15. The van der Waals surface area contributed by atoms with Gasteiger partial charge in [-0.15, -0.1) is 0 Å². The van der Waals surface area contributed by atoms with Crippen molar-refractivity contribution >= 4 is 11.6 Å². The molecule has 1 aromatic rings. The molecule has 3 heteroatoms. The SMILES string of the molecule is COc1cc(C)c(Cl)cc1C1NCC1C. The van der Waals surface area contributed by atoms with Crippen LogP contribution in [0, 0.1) is 12.8 Å². The predicted molar refractivity (Wildman–Crippen MR) is 62.6 cm³/mol. The molecule has 0 saturated carbocycles. The van der Waals surface area contributed by atoms with E-state index < -0.39 is 0 Å². The molecule has 1 N–H and O–H groups in total. The van der Waals surface area contributed by atoms with Gasteiger partial charge in [-0.25, -0.2) is 0 Å².